The lowest BCUT2D eigenvalue weighted by Crippen LogP contribution is -2.25. The number of allylic oxidation sites excluding steroid dienone is 1. The zero-order valence-corrected chi connectivity index (χ0v) is 12.3. The van der Waals surface area contributed by atoms with Crippen LogP contribution in [0.4, 0.5) is 8.78 Å². The van der Waals surface area contributed by atoms with E-state index in [1.807, 2.05) is 0 Å². The third kappa shape index (κ3) is 4.18. The molecule has 2 fully saturated rings. The Kier molecular flexibility index (Phi) is 5.25. The van der Waals surface area contributed by atoms with Gasteiger partial charge in [0.15, 0.2) is 0 Å². The number of hydrogen-bond donors (Lipinski definition) is 0. The first-order valence-electron chi connectivity index (χ1n) is 6.82. The summed E-state index contributed by atoms with van der Waals surface area (Å²) in [6.45, 7) is 0. The zero-order valence-electron chi connectivity index (χ0n) is 10.2. The second-order valence-electron chi connectivity index (χ2n) is 5.64. The van der Waals surface area contributed by atoms with Crippen LogP contribution in [-0.4, -0.2) is 3.92 Å². The van der Waals surface area contributed by atoms with Gasteiger partial charge in [0.2, 0.25) is 0 Å². The van der Waals surface area contributed by atoms with E-state index < -0.39 is 6.08 Å². The standard InChI is InChI=1S/C14H21F2I/c15-14(16)9-10-1-3-11(4-2-10)12-5-7-13(17)8-6-12/h9-13H,1-8H2. The summed E-state index contributed by atoms with van der Waals surface area (Å²) in [5, 5.41) is 0. The van der Waals surface area contributed by atoms with Crippen molar-refractivity contribution in [3.05, 3.63) is 12.2 Å². The first-order chi connectivity index (χ1) is 8.15. The van der Waals surface area contributed by atoms with E-state index >= 15 is 0 Å². The molecular formula is C14H21F2I. The minimum Gasteiger partial charge on any atom is -0.174 e. The average molecular weight is 354 g/mol. The highest BCUT2D eigenvalue weighted by Crippen LogP contribution is 2.41. The Morgan fingerprint density at radius 1 is 0.824 bits per heavy atom. The Hall–Kier alpha value is 0.330. The molecule has 2 aliphatic rings. The lowest BCUT2D eigenvalue weighted by molar-refractivity contribution is 0.182. The third-order valence-corrected chi connectivity index (χ3v) is 5.79. The van der Waals surface area contributed by atoms with Gasteiger partial charge in [-0.05, 0) is 75.2 Å². The molecule has 0 heterocycles. The number of alkyl halides is 1. The summed E-state index contributed by atoms with van der Waals surface area (Å²) in [5.74, 6) is 1.87. The van der Waals surface area contributed by atoms with Crippen LogP contribution < -0.4 is 0 Å². The zero-order chi connectivity index (χ0) is 12.3. The molecule has 0 radical (unpaired) electrons. The molecule has 0 N–H and O–H groups in total. The average Bonchev–Trinajstić information content (AvgIpc) is 2.30. The fourth-order valence-corrected chi connectivity index (χ4v) is 4.23. The monoisotopic (exact) mass is 354 g/mol. The normalized spacial score (nSPS) is 38.8. The van der Waals surface area contributed by atoms with Crippen LogP contribution in [0.15, 0.2) is 12.2 Å². The van der Waals surface area contributed by atoms with Crippen LogP contribution >= 0.6 is 22.6 Å². The molecule has 2 rings (SSSR count). The molecule has 3 heteroatoms. The van der Waals surface area contributed by atoms with Gasteiger partial charge in [-0.15, -0.1) is 0 Å². The van der Waals surface area contributed by atoms with E-state index in [4.69, 9.17) is 0 Å². The molecule has 0 nitrogen and oxygen atoms in total. The molecule has 17 heavy (non-hydrogen) atoms. The molecule has 0 aromatic heterocycles. The summed E-state index contributed by atoms with van der Waals surface area (Å²) < 4.78 is 25.2. The van der Waals surface area contributed by atoms with Gasteiger partial charge in [0.25, 0.3) is 6.08 Å². The SMILES string of the molecule is FC(F)=CC1CCC(C2CCC(I)CC2)CC1. The van der Waals surface area contributed by atoms with Crippen LogP contribution in [0.25, 0.3) is 0 Å². The first-order valence-corrected chi connectivity index (χ1v) is 8.06. The van der Waals surface area contributed by atoms with Gasteiger partial charge in [0, 0.05) is 3.92 Å². The molecule has 0 spiro atoms. The van der Waals surface area contributed by atoms with Crippen molar-refractivity contribution in [1.82, 2.24) is 0 Å². The first kappa shape index (κ1) is 13.8. The Balaban J connectivity index is 1.77. The molecule has 2 aliphatic carbocycles. The van der Waals surface area contributed by atoms with Crippen molar-refractivity contribution < 1.29 is 8.78 Å². The minimum absolute atomic E-state index is 0.150. The van der Waals surface area contributed by atoms with E-state index in [2.05, 4.69) is 22.6 Å². The highest BCUT2D eigenvalue weighted by molar-refractivity contribution is 14.1. The maximum Gasteiger partial charge on any atom is 0.266 e. The maximum atomic E-state index is 12.2. The predicted octanol–water partition coefficient (Wildman–Crippen LogP) is 5.57. The van der Waals surface area contributed by atoms with Gasteiger partial charge >= 0.3 is 0 Å². The molecule has 0 aliphatic heterocycles. The van der Waals surface area contributed by atoms with E-state index in [-0.39, 0.29) is 5.92 Å². The van der Waals surface area contributed by atoms with Crippen molar-refractivity contribution in [2.24, 2.45) is 17.8 Å². The van der Waals surface area contributed by atoms with Crippen molar-refractivity contribution in [3.63, 3.8) is 0 Å². The summed E-state index contributed by atoms with van der Waals surface area (Å²) in [4.78, 5) is 0. The van der Waals surface area contributed by atoms with Crippen LogP contribution in [0.2, 0.25) is 0 Å². The molecule has 0 bridgehead atoms. The summed E-state index contributed by atoms with van der Waals surface area (Å²) in [6.07, 6.45) is 9.46. The largest absolute Gasteiger partial charge is 0.266 e. The molecule has 0 amide bonds. The van der Waals surface area contributed by atoms with Gasteiger partial charge < -0.3 is 0 Å². The summed E-state index contributed by atoms with van der Waals surface area (Å²) in [5.41, 5.74) is 0. The van der Waals surface area contributed by atoms with Gasteiger partial charge in [-0.1, -0.05) is 22.6 Å². The van der Waals surface area contributed by atoms with Gasteiger partial charge in [0.05, 0.1) is 0 Å². The van der Waals surface area contributed by atoms with Crippen molar-refractivity contribution >= 4 is 22.6 Å². The van der Waals surface area contributed by atoms with Crippen LogP contribution in [0.5, 0.6) is 0 Å². The molecule has 0 aromatic carbocycles. The van der Waals surface area contributed by atoms with Crippen LogP contribution in [-0.2, 0) is 0 Å². The minimum atomic E-state index is -1.49. The van der Waals surface area contributed by atoms with Gasteiger partial charge in [0.1, 0.15) is 0 Å². The Morgan fingerprint density at radius 3 is 1.76 bits per heavy atom. The number of hydrogen-bond acceptors (Lipinski definition) is 0. The number of halogens is 3. The Morgan fingerprint density at radius 2 is 1.29 bits per heavy atom. The van der Waals surface area contributed by atoms with E-state index in [0.29, 0.717) is 0 Å². The lowest BCUT2D eigenvalue weighted by atomic mass is 9.71. The maximum absolute atomic E-state index is 12.2. The highest BCUT2D eigenvalue weighted by atomic mass is 127. The molecule has 0 atom stereocenters. The Bertz CT molecular complexity index is 257. The predicted molar refractivity (Wildman–Crippen MR) is 75.5 cm³/mol. The van der Waals surface area contributed by atoms with Gasteiger partial charge in [-0.3, -0.25) is 0 Å². The van der Waals surface area contributed by atoms with E-state index in [1.54, 1.807) is 0 Å². The van der Waals surface area contributed by atoms with Crippen molar-refractivity contribution in [2.45, 2.75) is 55.3 Å². The van der Waals surface area contributed by atoms with Crippen LogP contribution in [0, 0.1) is 17.8 Å². The quantitative estimate of drug-likeness (QED) is 0.449. The molecule has 0 saturated heterocycles. The lowest BCUT2D eigenvalue weighted by Gasteiger charge is -2.36. The smallest absolute Gasteiger partial charge is 0.174 e. The summed E-state index contributed by atoms with van der Waals surface area (Å²) >= 11 is 2.56. The summed E-state index contributed by atoms with van der Waals surface area (Å²) in [6, 6.07) is 0. The number of rotatable bonds is 2. The molecule has 0 unspecified atom stereocenters. The third-order valence-electron chi connectivity index (χ3n) is 4.55. The molecule has 0 aromatic rings. The fraction of sp³-hybridized carbons (Fsp3) is 0.857. The van der Waals surface area contributed by atoms with E-state index in [1.165, 1.54) is 44.6 Å². The Labute approximate surface area is 116 Å². The van der Waals surface area contributed by atoms with E-state index in [9.17, 15) is 8.78 Å². The van der Waals surface area contributed by atoms with Crippen molar-refractivity contribution in [1.29, 1.82) is 0 Å². The second kappa shape index (κ2) is 6.48. The molecule has 2 saturated carbocycles. The van der Waals surface area contributed by atoms with Gasteiger partial charge in [-0.25, -0.2) is 0 Å². The topological polar surface area (TPSA) is 0 Å². The molecule has 98 valence electrons. The van der Waals surface area contributed by atoms with Crippen molar-refractivity contribution in [2.75, 3.05) is 0 Å². The molecular weight excluding hydrogens is 333 g/mol. The summed E-state index contributed by atoms with van der Waals surface area (Å²) in [7, 11) is 0. The fourth-order valence-electron chi connectivity index (χ4n) is 3.51. The second-order valence-corrected chi connectivity index (χ2v) is 7.40. The van der Waals surface area contributed by atoms with Crippen LogP contribution in [0.3, 0.4) is 0 Å². The van der Waals surface area contributed by atoms with Gasteiger partial charge in [-0.2, -0.15) is 8.78 Å². The highest BCUT2D eigenvalue weighted by Gasteiger charge is 2.29. The van der Waals surface area contributed by atoms with Crippen molar-refractivity contribution in [3.8, 4) is 0 Å². The van der Waals surface area contributed by atoms with E-state index in [0.717, 1.165) is 28.6 Å². The van der Waals surface area contributed by atoms with Crippen LogP contribution in [0.1, 0.15) is 51.4 Å².